The van der Waals surface area contributed by atoms with E-state index in [4.69, 9.17) is 4.74 Å². The second kappa shape index (κ2) is 11.9. The average Bonchev–Trinajstić information content (AvgIpc) is 2.86. The van der Waals surface area contributed by atoms with Gasteiger partial charge in [-0.2, -0.15) is 39.5 Å². The first-order chi connectivity index (χ1) is 18.4. The summed E-state index contributed by atoms with van der Waals surface area (Å²) in [7, 11) is 1.41. The van der Waals surface area contributed by atoms with E-state index in [1.165, 1.54) is 23.7 Å². The molecule has 0 atom stereocenters. The van der Waals surface area contributed by atoms with E-state index in [0.29, 0.717) is 29.0 Å². The van der Waals surface area contributed by atoms with Gasteiger partial charge in [0.1, 0.15) is 5.75 Å². The van der Waals surface area contributed by atoms with Crippen molar-refractivity contribution in [1.29, 1.82) is 0 Å². The largest absolute Gasteiger partial charge is 0.496 e. The van der Waals surface area contributed by atoms with Gasteiger partial charge in [-0.25, -0.2) is 4.31 Å². The fourth-order valence-corrected chi connectivity index (χ4v) is 4.69. The third kappa shape index (κ3) is 7.66. The van der Waals surface area contributed by atoms with Crippen LogP contribution in [0, 0.1) is 0 Å². The standard InChI is InChI=1S/C28H26F9NOS/c1-16(2)18-5-8-25(39-3)24(12-18)23-7-6-20(26(29,30)31)11-19(23)15-38(40-4)14-17-9-21(27(32,33)34)13-22(10-17)28(35,36)37/h5-13,16H,14-15H2,1-4H3. The van der Waals surface area contributed by atoms with E-state index >= 15 is 0 Å². The van der Waals surface area contributed by atoms with E-state index in [1.54, 1.807) is 12.1 Å². The summed E-state index contributed by atoms with van der Waals surface area (Å²) in [6.07, 6.45) is -13.2. The molecule has 0 unspecified atom stereocenters. The molecule has 0 fully saturated rings. The highest BCUT2D eigenvalue weighted by molar-refractivity contribution is 7.96. The van der Waals surface area contributed by atoms with Crippen LogP contribution in [-0.2, 0) is 31.6 Å². The van der Waals surface area contributed by atoms with Crippen LogP contribution in [0.25, 0.3) is 11.1 Å². The molecule has 3 aromatic rings. The number of nitrogens with zero attached hydrogens (tertiary/aromatic N) is 1. The van der Waals surface area contributed by atoms with Gasteiger partial charge < -0.3 is 4.74 Å². The number of hydrogen-bond donors (Lipinski definition) is 0. The number of rotatable bonds is 8. The number of benzene rings is 3. The molecule has 2 nitrogen and oxygen atoms in total. The van der Waals surface area contributed by atoms with Gasteiger partial charge in [0.25, 0.3) is 0 Å². The van der Waals surface area contributed by atoms with Gasteiger partial charge in [-0.1, -0.05) is 37.9 Å². The first kappa shape index (κ1) is 31.7. The topological polar surface area (TPSA) is 12.5 Å². The average molecular weight is 596 g/mol. The molecule has 0 aromatic heterocycles. The minimum atomic E-state index is -5.02. The van der Waals surface area contributed by atoms with Gasteiger partial charge in [0.2, 0.25) is 0 Å². The zero-order valence-electron chi connectivity index (χ0n) is 21.9. The maximum atomic E-state index is 13.6. The van der Waals surface area contributed by atoms with Crippen LogP contribution in [0.4, 0.5) is 39.5 Å². The van der Waals surface area contributed by atoms with Crippen molar-refractivity contribution in [1.82, 2.24) is 4.31 Å². The van der Waals surface area contributed by atoms with Gasteiger partial charge >= 0.3 is 18.5 Å². The van der Waals surface area contributed by atoms with Gasteiger partial charge in [0, 0.05) is 18.7 Å². The van der Waals surface area contributed by atoms with Crippen LogP contribution in [0.5, 0.6) is 5.75 Å². The number of methoxy groups -OCH3 is 1. The molecule has 0 aliphatic rings. The minimum Gasteiger partial charge on any atom is -0.496 e. The van der Waals surface area contributed by atoms with Crippen LogP contribution in [0.1, 0.15) is 53.1 Å². The summed E-state index contributed by atoms with van der Waals surface area (Å²) >= 11 is 0.980. The number of ether oxygens (including phenoxy) is 1. The summed E-state index contributed by atoms with van der Waals surface area (Å²) in [6.45, 7) is 3.28. The smallest absolute Gasteiger partial charge is 0.416 e. The van der Waals surface area contributed by atoms with Gasteiger partial charge in [-0.05, 0) is 76.9 Å². The first-order valence-corrected chi connectivity index (χ1v) is 13.1. The summed E-state index contributed by atoms with van der Waals surface area (Å²) in [5.74, 6) is 0.489. The molecule has 12 heteroatoms. The van der Waals surface area contributed by atoms with Crippen LogP contribution < -0.4 is 4.74 Å². The summed E-state index contributed by atoms with van der Waals surface area (Å²) < 4.78 is 128. The molecule has 0 bridgehead atoms. The predicted molar refractivity (Wildman–Crippen MR) is 137 cm³/mol. The van der Waals surface area contributed by atoms with E-state index < -0.39 is 41.8 Å². The van der Waals surface area contributed by atoms with E-state index in [-0.39, 0.29) is 29.7 Å². The van der Waals surface area contributed by atoms with Crippen LogP contribution in [0.15, 0.2) is 54.6 Å². The lowest BCUT2D eigenvalue weighted by Crippen LogP contribution is -2.18. The normalized spacial score (nSPS) is 12.9. The van der Waals surface area contributed by atoms with Crippen molar-refractivity contribution in [3.8, 4) is 16.9 Å². The van der Waals surface area contributed by atoms with Gasteiger partial charge in [0.05, 0.1) is 23.8 Å². The molecule has 0 saturated carbocycles. The third-order valence-electron chi connectivity index (χ3n) is 6.22. The highest BCUT2D eigenvalue weighted by Crippen LogP contribution is 2.40. The number of alkyl halides is 9. The van der Waals surface area contributed by atoms with E-state index in [9.17, 15) is 39.5 Å². The zero-order valence-corrected chi connectivity index (χ0v) is 22.7. The monoisotopic (exact) mass is 595 g/mol. The highest BCUT2D eigenvalue weighted by Gasteiger charge is 2.37. The Morgan fingerprint density at radius 2 is 1.27 bits per heavy atom. The summed E-state index contributed by atoms with van der Waals surface area (Å²) in [4.78, 5) is 0. The Morgan fingerprint density at radius 3 is 1.75 bits per heavy atom. The molecule has 0 amide bonds. The summed E-state index contributed by atoms with van der Waals surface area (Å²) in [5, 5.41) is 0. The molecule has 218 valence electrons. The molecular weight excluding hydrogens is 569 g/mol. The van der Waals surface area contributed by atoms with Crippen molar-refractivity contribution in [3.63, 3.8) is 0 Å². The van der Waals surface area contributed by atoms with E-state index in [2.05, 4.69) is 0 Å². The molecule has 0 spiro atoms. The molecule has 0 aliphatic carbocycles. The van der Waals surface area contributed by atoms with Crippen molar-refractivity contribution in [3.05, 3.63) is 88.0 Å². The molecule has 0 heterocycles. The molecule has 0 N–H and O–H groups in total. The van der Waals surface area contributed by atoms with Crippen molar-refractivity contribution >= 4 is 11.9 Å². The molecule has 3 aromatic carbocycles. The lowest BCUT2D eigenvalue weighted by molar-refractivity contribution is -0.143. The molecule has 40 heavy (non-hydrogen) atoms. The summed E-state index contributed by atoms with van der Waals surface area (Å²) in [6, 6.07) is 9.73. The maximum Gasteiger partial charge on any atom is 0.416 e. The lowest BCUT2D eigenvalue weighted by atomic mass is 9.92. The van der Waals surface area contributed by atoms with Gasteiger partial charge in [-0.3, -0.25) is 0 Å². The van der Waals surface area contributed by atoms with Crippen LogP contribution >= 0.6 is 11.9 Å². The molecule has 0 saturated heterocycles. The Hall–Kier alpha value is -2.86. The zero-order chi connectivity index (χ0) is 30.0. The van der Waals surface area contributed by atoms with Crippen molar-refractivity contribution < 1.29 is 44.3 Å². The molecule has 0 aliphatic heterocycles. The fourth-order valence-electron chi connectivity index (χ4n) is 4.15. The van der Waals surface area contributed by atoms with E-state index in [1.807, 2.05) is 19.9 Å². The summed E-state index contributed by atoms with van der Waals surface area (Å²) in [5.41, 5.74) is -2.18. The molecule has 0 radical (unpaired) electrons. The fraction of sp³-hybridized carbons (Fsp3) is 0.357. The predicted octanol–water partition coefficient (Wildman–Crippen LogP) is 9.82. The Kier molecular flexibility index (Phi) is 9.45. The van der Waals surface area contributed by atoms with Crippen LogP contribution in [0.2, 0.25) is 0 Å². The Morgan fingerprint density at radius 1 is 0.700 bits per heavy atom. The SMILES string of the molecule is COc1ccc(C(C)C)cc1-c1ccc(C(F)(F)F)cc1CN(Cc1cc(C(F)(F)F)cc(C(F)(F)F)c1)SC. The molecular formula is C28H26F9NOS. The number of hydrogen-bond acceptors (Lipinski definition) is 3. The lowest BCUT2D eigenvalue weighted by Gasteiger charge is -2.24. The minimum absolute atomic E-state index is 0.0336. The number of halogens is 9. The highest BCUT2D eigenvalue weighted by atomic mass is 32.2. The van der Waals surface area contributed by atoms with Gasteiger partial charge in [0.15, 0.2) is 0 Å². The van der Waals surface area contributed by atoms with Crippen LogP contribution in [0.3, 0.4) is 0 Å². The maximum absolute atomic E-state index is 13.6. The Labute approximate surface area is 230 Å². The quantitative estimate of drug-likeness (QED) is 0.190. The van der Waals surface area contributed by atoms with Crippen LogP contribution in [-0.4, -0.2) is 17.7 Å². The Bertz CT molecular complexity index is 1300. The second-order valence-corrected chi connectivity index (χ2v) is 10.3. The third-order valence-corrected chi connectivity index (χ3v) is 7.00. The van der Waals surface area contributed by atoms with Crippen molar-refractivity contribution in [2.24, 2.45) is 0 Å². The first-order valence-electron chi connectivity index (χ1n) is 11.9. The van der Waals surface area contributed by atoms with Crippen molar-refractivity contribution in [2.75, 3.05) is 13.4 Å². The Balaban J connectivity index is 2.11. The van der Waals surface area contributed by atoms with E-state index in [0.717, 1.165) is 29.6 Å². The molecule has 3 rings (SSSR count). The van der Waals surface area contributed by atoms with Gasteiger partial charge in [-0.15, -0.1) is 0 Å². The van der Waals surface area contributed by atoms with Crippen molar-refractivity contribution in [2.45, 2.75) is 51.4 Å². The second-order valence-electron chi connectivity index (χ2n) is 9.38.